The number of nitrogens with one attached hydrogen (secondary N) is 1. The summed E-state index contributed by atoms with van der Waals surface area (Å²) in [6.45, 7) is 6.00. The van der Waals surface area contributed by atoms with Crippen LogP contribution in [0.25, 0.3) is 0 Å². The van der Waals surface area contributed by atoms with Crippen molar-refractivity contribution in [3.05, 3.63) is 35.4 Å². The molecule has 20 heavy (non-hydrogen) atoms. The van der Waals surface area contributed by atoms with Crippen LogP contribution in [0.3, 0.4) is 0 Å². The number of aliphatic hydroxyl groups is 1. The predicted octanol–water partition coefficient (Wildman–Crippen LogP) is 2.51. The molecule has 3 N–H and O–H groups in total. The lowest BCUT2D eigenvalue weighted by atomic mass is 9.97. The first kappa shape index (κ1) is 16.7. The van der Waals surface area contributed by atoms with Crippen LogP contribution < -0.4 is 5.32 Å². The van der Waals surface area contributed by atoms with Gasteiger partial charge in [-0.2, -0.15) is 0 Å². The maximum Gasteiger partial charge on any atom is 0.305 e. The molecule has 0 fully saturated rings. The van der Waals surface area contributed by atoms with Gasteiger partial charge in [0.2, 0.25) is 0 Å². The van der Waals surface area contributed by atoms with Crippen molar-refractivity contribution in [2.75, 3.05) is 0 Å². The van der Waals surface area contributed by atoms with Crippen LogP contribution in [0.5, 0.6) is 0 Å². The van der Waals surface area contributed by atoms with Crippen molar-refractivity contribution in [1.82, 2.24) is 5.32 Å². The quantitative estimate of drug-likeness (QED) is 0.684. The number of aliphatic carboxylic acids is 1. The second kappa shape index (κ2) is 8.02. The Balaban J connectivity index is 2.81. The van der Waals surface area contributed by atoms with E-state index in [1.165, 1.54) is 5.56 Å². The molecule has 2 unspecified atom stereocenters. The first-order chi connectivity index (χ1) is 9.43. The lowest BCUT2D eigenvalue weighted by molar-refractivity contribution is -0.138. The van der Waals surface area contributed by atoms with Gasteiger partial charge in [-0.15, -0.1) is 0 Å². The van der Waals surface area contributed by atoms with E-state index in [0.29, 0.717) is 0 Å². The molecule has 0 aliphatic heterocycles. The third kappa shape index (κ3) is 5.31. The Kier molecular flexibility index (Phi) is 6.68. The molecule has 0 radical (unpaired) electrons. The Morgan fingerprint density at radius 3 is 2.30 bits per heavy atom. The van der Waals surface area contributed by atoms with E-state index in [2.05, 4.69) is 12.2 Å². The molecule has 0 spiro atoms. The van der Waals surface area contributed by atoms with Crippen LogP contribution >= 0.6 is 0 Å². The molecule has 4 nitrogen and oxygen atoms in total. The standard InChI is InChI=1S/C16H25NO3/c1-4-5-12-6-8-13(9-7-12)16(20)14(10-15(18)19)17-11(2)3/h6-9,11,14,16-17,20H,4-5,10H2,1-3H3,(H,18,19). The Morgan fingerprint density at radius 1 is 1.25 bits per heavy atom. The Bertz CT molecular complexity index is 414. The SMILES string of the molecule is CCCc1ccc(C(O)C(CC(=O)O)NC(C)C)cc1. The van der Waals surface area contributed by atoms with Crippen LogP contribution in [-0.4, -0.2) is 28.3 Å². The van der Waals surface area contributed by atoms with Crippen LogP contribution in [-0.2, 0) is 11.2 Å². The summed E-state index contributed by atoms with van der Waals surface area (Å²) in [5.41, 5.74) is 1.99. The highest BCUT2D eigenvalue weighted by Gasteiger charge is 2.24. The summed E-state index contributed by atoms with van der Waals surface area (Å²) >= 11 is 0. The Morgan fingerprint density at radius 2 is 1.85 bits per heavy atom. The van der Waals surface area contributed by atoms with Gasteiger partial charge in [-0.05, 0) is 17.5 Å². The van der Waals surface area contributed by atoms with Gasteiger partial charge in [-0.1, -0.05) is 51.5 Å². The van der Waals surface area contributed by atoms with E-state index in [4.69, 9.17) is 5.11 Å². The second-order valence-corrected chi connectivity index (χ2v) is 5.46. The highest BCUT2D eigenvalue weighted by Crippen LogP contribution is 2.20. The second-order valence-electron chi connectivity index (χ2n) is 5.46. The van der Waals surface area contributed by atoms with Crippen molar-refractivity contribution < 1.29 is 15.0 Å². The molecule has 112 valence electrons. The summed E-state index contributed by atoms with van der Waals surface area (Å²) in [4.78, 5) is 10.9. The molecule has 0 amide bonds. The minimum absolute atomic E-state index is 0.101. The molecule has 1 rings (SSSR count). The summed E-state index contributed by atoms with van der Waals surface area (Å²) in [7, 11) is 0. The number of aryl methyl sites for hydroxylation is 1. The van der Waals surface area contributed by atoms with Crippen molar-refractivity contribution in [2.45, 2.75) is 58.2 Å². The summed E-state index contributed by atoms with van der Waals surface area (Å²) in [6.07, 6.45) is 1.18. The molecule has 0 bridgehead atoms. The molecule has 4 heteroatoms. The van der Waals surface area contributed by atoms with Gasteiger partial charge in [0.25, 0.3) is 0 Å². The fourth-order valence-electron chi connectivity index (χ4n) is 2.28. The fourth-order valence-corrected chi connectivity index (χ4v) is 2.28. The summed E-state index contributed by atoms with van der Waals surface area (Å²) in [5, 5.41) is 22.4. The summed E-state index contributed by atoms with van der Waals surface area (Å²) in [5.74, 6) is -0.912. The zero-order chi connectivity index (χ0) is 15.1. The van der Waals surface area contributed by atoms with E-state index in [0.717, 1.165) is 18.4 Å². The smallest absolute Gasteiger partial charge is 0.305 e. The van der Waals surface area contributed by atoms with E-state index in [1.54, 1.807) is 0 Å². The lowest BCUT2D eigenvalue weighted by Crippen LogP contribution is -2.40. The summed E-state index contributed by atoms with van der Waals surface area (Å²) < 4.78 is 0. The first-order valence-electron chi connectivity index (χ1n) is 7.18. The van der Waals surface area contributed by atoms with Gasteiger partial charge >= 0.3 is 5.97 Å². The number of carbonyl (C=O) groups is 1. The Labute approximate surface area is 120 Å². The van der Waals surface area contributed by atoms with Crippen LogP contribution in [0.2, 0.25) is 0 Å². The number of aliphatic hydroxyl groups excluding tert-OH is 1. The third-order valence-corrected chi connectivity index (χ3v) is 3.18. The lowest BCUT2D eigenvalue weighted by Gasteiger charge is -2.25. The van der Waals surface area contributed by atoms with Gasteiger partial charge in [0.05, 0.1) is 12.5 Å². The van der Waals surface area contributed by atoms with Crippen LogP contribution in [0.15, 0.2) is 24.3 Å². The molecule has 0 saturated heterocycles. The molecule has 0 heterocycles. The van der Waals surface area contributed by atoms with Crippen molar-refractivity contribution in [3.8, 4) is 0 Å². The molecular formula is C16H25NO3. The number of benzene rings is 1. The maximum atomic E-state index is 10.9. The normalized spacial score (nSPS) is 14.2. The number of rotatable bonds is 8. The van der Waals surface area contributed by atoms with Crippen LogP contribution in [0.4, 0.5) is 0 Å². The van der Waals surface area contributed by atoms with Crippen LogP contribution in [0.1, 0.15) is 50.8 Å². The highest BCUT2D eigenvalue weighted by molar-refractivity contribution is 5.67. The number of hydrogen-bond donors (Lipinski definition) is 3. The number of carboxylic acids is 1. The van der Waals surface area contributed by atoms with Gasteiger partial charge < -0.3 is 15.5 Å². The summed E-state index contributed by atoms with van der Waals surface area (Å²) in [6, 6.07) is 7.39. The third-order valence-electron chi connectivity index (χ3n) is 3.18. The molecule has 0 aliphatic rings. The monoisotopic (exact) mass is 279 g/mol. The highest BCUT2D eigenvalue weighted by atomic mass is 16.4. The molecule has 0 aromatic heterocycles. The van der Waals surface area contributed by atoms with E-state index >= 15 is 0 Å². The minimum Gasteiger partial charge on any atom is -0.481 e. The topological polar surface area (TPSA) is 69.6 Å². The van der Waals surface area contributed by atoms with Gasteiger partial charge in [-0.25, -0.2) is 0 Å². The van der Waals surface area contributed by atoms with E-state index < -0.39 is 18.1 Å². The average Bonchev–Trinajstić information content (AvgIpc) is 2.37. The number of hydrogen-bond acceptors (Lipinski definition) is 3. The minimum atomic E-state index is -0.912. The zero-order valence-corrected chi connectivity index (χ0v) is 12.5. The molecule has 1 aromatic carbocycles. The molecule has 1 aromatic rings. The van der Waals surface area contributed by atoms with Crippen molar-refractivity contribution in [3.63, 3.8) is 0 Å². The largest absolute Gasteiger partial charge is 0.481 e. The average molecular weight is 279 g/mol. The maximum absolute atomic E-state index is 10.9. The predicted molar refractivity (Wildman–Crippen MR) is 79.7 cm³/mol. The molecule has 0 saturated carbocycles. The molecule has 2 atom stereocenters. The van der Waals surface area contributed by atoms with E-state index in [9.17, 15) is 9.90 Å². The zero-order valence-electron chi connectivity index (χ0n) is 12.5. The first-order valence-corrected chi connectivity index (χ1v) is 7.18. The van der Waals surface area contributed by atoms with E-state index in [-0.39, 0.29) is 12.5 Å². The Hall–Kier alpha value is -1.39. The van der Waals surface area contributed by atoms with Gasteiger partial charge in [-0.3, -0.25) is 4.79 Å². The fraction of sp³-hybridized carbons (Fsp3) is 0.562. The van der Waals surface area contributed by atoms with Gasteiger partial charge in [0, 0.05) is 12.1 Å². The van der Waals surface area contributed by atoms with Crippen molar-refractivity contribution in [1.29, 1.82) is 0 Å². The molecule has 0 aliphatic carbocycles. The molecular weight excluding hydrogens is 254 g/mol. The van der Waals surface area contributed by atoms with Gasteiger partial charge in [0.1, 0.15) is 0 Å². The number of carboxylic acid groups (broad SMARTS) is 1. The van der Waals surface area contributed by atoms with Crippen LogP contribution in [0, 0.1) is 0 Å². The van der Waals surface area contributed by atoms with Gasteiger partial charge in [0.15, 0.2) is 0 Å². The van der Waals surface area contributed by atoms with Crippen molar-refractivity contribution >= 4 is 5.97 Å². The van der Waals surface area contributed by atoms with E-state index in [1.807, 2.05) is 38.1 Å². The van der Waals surface area contributed by atoms with Crippen molar-refractivity contribution in [2.24, 2.45) is 0 Å².